The van der Waals surface area contributed by atoms with Crippen molar-refractivity contribution in [3.05, 3.63) is 73.2 Å². The SMILES string of the molecule is C=CC(=O)N1CCN(c2ncnc3cc(-c4cccc5cccc(C)c45)ncc23)C[C@@H]1CC#N. The summed E-state index contributed by atoms with van der Waals surface area (Å²) in [7, 11) is 0. The minimum atomic E-state index is -0.222. The number of fused-ring (bicyclic) bond motifs is 2. The number of carbonyl (C=O) groups excluding carboxylic acids is 1. The number of hydrogen-bond donors (Lipinski definition) is 0. The highest BCUT2D eigenvalue weighted by Gasteiger charge is 2.30. The number of anilines is 1. The zero-order valence-corrected chi connectivity index (χ0v) is 19.0. The predicted molar refractivity (Wildman–Crippen MR) is 133 cm³/mol. The maximum atomic E-state index is 12.2. The van der Waals surface area contributed by atoms with Crippen LogP contribution in [0.3, 0.4) is 0 Å². The third-order valence-electron chi connectivity index (χ3n) is 6.46. The van der Waals surface area contributed by atoms with Crippen molar-refractivity contribution in [3.8, 4) is 17.3 Å². The van der Waals surface area contributed by atoms with E-state index in [9.17, 15) is 10.1 Å². The molecule has 0 aliphatic carbocycles. The van der Waals surface area contributed by atoms with Gasteiger partial charge in [0.15, 0.2) is 0 Å². The maximum absolute atomic E-state index is 12.2. The lowest BCUT2D eigenvalue weighted by atomic mass is 9.97. The van der Waals surface area contributed by atoms with E-state index in [1.165, 1.54) is 22.4 Å². The largest absolute Gasteiger partial charge is 0.352 e. The second kappa shape index (κ2) is 8.91. The number of hydrogen-bond acceptors (Lipinski definition) is 6. The van der Waals surface area contributed by atoms with E-state index in [-0.39, 0.29) is 18.4 Å². The lowest BCUT2D eigenvalue weighted by Gasteiger charge is -2.40. The zero-order valence-electron chi connectivity index (χ0n) is 19.0. The van der Waals surface area contributed by atoms with Crippen molar-refractivity contribution in [1.82, 2.24) is 19.9 Å². The van der Waals surface area contributed by atoms with Gasteiger partial charge in [0.2, 0.25) is 5.91 Å². The van der Waals surface area contributed by atoms with E-state index < -0.39 is 0 Å². The van der Waals surface area contributed by atoms with Crippen LogP contribution >= 0.6 is 0 Å². The number of amides is 1. The molecule has 3 heterocycles. The van der Waals surface area contributed by atoms with Gasteiger partial charge >= 0.3 is 0 Å². The first-order valence-corrected chi connectivity index (χ1v) is 11.2. The van der Waals surface area contributed by atoms with E-state index in [1.54, 1.807) is 11.2 Å². The molecule has 168 valence electrons. The third-order valence-corrected chi connectivity index (χ3v) is 6.46. The predicted octanol–water partition coefficient (Wildman–Crippen LogP) is 4.27. The van der Waals surface area contributed by atoms with Gasteiger partial charge in [-0.3, -0.25) is 9.78 Å². The molecule has 1 fully saturated rings. The molecule has 0 bridgehead atoms. The van der Waals surface area contributed by atoms with Gasteiger partial charge in [-0.25, -0.2) is 9.97 Å². The summed E-state index contributed by atoms with van der Waals surface area (Å²) in [4.78, 5) is 30.0. The lowest BCUT2D eigenvalue weighted by Crippen LogP contribution is -2.55. The Hall–Kier alpha value is -4.31. The average Bonchev–Trinajstić information content (AvgIpc) is 2.87. The van der Waals surface area contributed by atoms with Gasteiger partial charge in [-0.2, -0.15) is 5.26 Å². The first kappa shape index (κ1) is 21.5. The van der Waals surface area contributed by atoms with Gasteiger partial charge in [-0.1, -0.05) is 43.0 Å². The highest BCUT2D eigenvalue weighted by Crippen LogP contribution is 2.33. The maximum Gasteiger partial charge on any atom is 0.246 e. The summed E-state index contributed by atoms with van der Waals surface area (Å²) in [5.74, 6) is 0.621. The average molecular weight is 449 g/mol. The summed E-state index contributed by atoms with van der Waals surface area (Å²) in [5.41, 5.74) is 3.94. The number of aryl methyl sites for hydroxylation is 1. The second-order valence-electron chi connectivity index (χ2n) is 8.46. The van der Waals surface area contributed by atoms with Crippen LogP contribution in [-0.4, -0.2) is 51.4 Å². The number of piperazine rings is 1. The first-order chi connectivity index (χ1) is 16.6. The van der Waals surface area contributed by atoms with Gasteiger partial charge in [0.05, 0.1) is 35.1 Å². The highest BCUT2D eigenvalue weighted by molar-refractivity contribution is 6.00. The molecular weight excluding hydrogens is 424 g/mol. The second-order valence-corrected chi connectivity index (χ2v) is 8.46. The van der Waals surface area contributed by atoms with Crippen molar-refractivity contribution in [3.63, 3.8) is 0 Å². The molecule has 1 aliphatic rings. The number of nitrogens with zero attached hydrogens (tertiary/aromatic N) is 6. The molecule has 0 radical (unpaired) electrons. The summed E-state index contributed by atoms with van der Waals surface area (Å²) in [6.45, 7) is 7.33. The van der Waals surface area contributed by atoms with E-state index in [0.29, 0.717) is 19.6 Å². The molecule has 7 heteroatoms. The molecule has 7 nitrogen and oxygen atoms in total. The van der Waals surface area contributed by atoms with Crippen LogP contribution in [-0.2, 0) is 4.79 Å². The minimum absolute atomic E-state index is 0.149. The van der Waals surface area contributed by atoms with Crippen LogP contribution in [0.2, 0.25) is 0 Å². The smallest absolute Gasteiger partial charge is 0.246 e. The van der Waals surface area contributed by atoms with Crippen LogP contribution < -0.4 is 4.90 Å². The first-order valence-electron chi connectivity index (χ1n) is 11.2. The Morgan fingerprint density at radius 1 is 1.21 bits per heavy atom. The molecule has 34 heavy (non-hydrogen) atoms. The third kappa shape index (κ3) is 3.73. The Morgan fingerprint density at radius 2 is 2.03 bits per heavy atom. The van der Waals surface area contributed by atoms with E-state index in [4.69, 9.17) is 4.98 Å². The fraction of sp³-hybridized carbons (Fsp3) is 0.222. The summed E-state index contributed by atoms with van der Waals surface area (Å²) in [5, 5.41) is 12.5. The number of pyridine rings is 1. The normalized spacial score (nSPS) is 15.9. The van der Waals surface area contributed by atoms with Crippen molar-refractivity contribution < 1.29 is 4.79 Å². The molecule has 0 N–H and O–H groups in total. The fourth-order valence-electron chi connectivity index (χ4n) is 4.82. The molecule has 1 atom stereocenters. The molecule has 0 unspecified atom stereocenters. The van der Waals surface area contributed by atoms with Crippen LogP contribution in [0.5, 0.6) is 0 Å². The van der Waals surface area contributed by atoms with Gasteiger partial charge in [0.25, 0.3) is 0 Å². The minimum Gasteiger partial charge on any atom is -0.352 e. The van der Waals surface area contributed by atoms with Crippen LogP contribution in [0.25, 0.3) is 32.9 Å². The van der Waals surface area contributed by atoms with Gasteiger partial charge in [-0.15, -0.1) is 0 Å². The highest BCUT2D eigenvalue weighted by atomic mass is 16.2. The molecule has 2 aromatic heterocycles. The molecule has 0 spiro atoms. The molecular formula is C27H24N6O. The number of benzene rings is 2. The number of rotatable bonds is 4. The van der Waals surface area contributed by atoms with Crippen LogP contribution in [0.1, 0.15) is 12.0 Å². The number of aromatic nitrogens is 3. The van der Waals surface area contributed by atoms with Crippen molar-refractivity contribution in [2.45, 2.75) is 19.4 Å². The van der Waals surface area contributed by atoms with E-state index in [0.717, 1.165) is 28.0 Å². The molecule has 2 aromatic carbocycles. The topological polar surface area (TPSA) is 86.0 Å². The Labute approximate surface area is 198 Å². The monoisotopic (exact) mass is 448 g/mol. The van der Waals surface area contributed by atoms with Gasteiger partial charge < -0.3 is 9.80 Å². The zero-order chi connectivity index (χ0) is 23.7. The van der Waals surface area contributed by atoms with Crippen molar-refractivity contribution in [2.24, 2.45) is 0 Å². The molecule has 1 amide bonds. The van der Waals surface area contributed by atoms with E-state index in [2.05, 4.69) is 64.8 Å². The standard InChI is InChI=1S/C27H24N6O/c1-3-25(34)33-13-12-32(16-20(33)10-11-28)27-22-15-29-23(14-24(22)30-17-31-27)21-9-5-8-19-7-4-6-18(2)26(19)21/h3-9,14-15,17,20H,1,10,12-13,16H2,2H3/t20-/m0/s1. The summed E-state index contributed by atoms with van der Waals surface area (Å²) >= 11 is 0. The summed E-state index contributed by atoms with van der Waals surface area (Å²) < 4.78 is 0. The Kier molecular flexibility index (Phi) is 5.64. The van der Waals surface area contributed by atoms with Gasteiger partial charge in [0, 0.05) is 31.4 Å². The lowest BCUT2D eigenvalue weighted by molar-refractivity contribution is -0.128. The van der Waals surface area contributed by atoms with Crippen LogP contribution in [0, 0.1) is 18.3 Å². The van der Waals surface area contributed by atoms with Gasteiger partial charge in [0.1, 0.15) is 12.1 Å². The van der Waals surface area contributed by atoms with Crippen molar-refractivity contribution in [2.75, 3.05) is 24.5 Å². The quantitative estimate of drug-likeness (QED) is 0.434. The summed E-state index contributed by atoms with van der Waals surface area (Å²) in [6.07, 6.45) is 4.95. The molecule has 1 saturated heterocycles. The Morgan fingerprint density at radius 3 is 2.82 bits per heavy atom. The molecule has 4 aromatic rings. The summed E-state index contributed by atoms with van der Waals surface area (Å²) in [6, 6.07) is 16.5. The van der Waals surface area contributed by atoms with Crippen LogP contribution in [0.4, 0.5) is 5.82 Å². The molecule has 0 saturated carbocycles. The molecule has 5 rings (SSSR count). The van der Waals surface area contributed by atoms with E-state index in [1.807, 2.05) is 18.3 Å². The van der Waals surface area contributed by atoms with Crippen molar-refractivity contribution >= 4 is 33.4 Å². The Balaban J connectivity index is 1.53. The van der Waals surface area contributed by atoms with E-state index >= 15 is 0 Å². The number of carbonyl (C=O) groups is 1. The van der Waals surface area contributed by atoms with Crippen molar-refractivity contribution in [1.29, 1.82) is 5.26 Å². The number of nitriles is 1. The fourth-order valence-corrected chi connectivity index (χ4v) is 4.82. The molecule has 1 aliphatic heterocycles. The van der Waals surface area contributed by atoms with Crippen LogP contribution in [0.15, 0.2) is 67.6 Å². The van der Waals surface area contributed by atoms with Gasteiger partial charge in [-0.05, 0) is 35.4 Å². The Bertz CT molecular complexity index is 1450.